The fourth-order valence-corrected chi connectivity index (χ4v) is 3.63. The van der Waals surface area contributed by atoms with E-state index >= 15 is 0 Å². The molecule has 2 amide bonds. The molecule has 7 heteroatoms. The Morgan fingerprint density at radius 2 is 2.27 bits per heavy atom. The molecule has 1 aliphatic heterocycles. The number of hydrogen-bond acceptors (Lipinski definition) is 5. The summed E-state index contributed by atoms with van der Waals surface area (Å²) in [5.41, 5.74) is -0.277. The Labute approximate surface area is 155 Å². The predicted molar refractivity (Wildman–Crippen MR) is 98.1 cm³/mol. The summed E-state index contributed by atoms with van der Waals surface area (Å²) in [6.45, 7) is 7.05. The molecule has 2 fully saturated rings. The van der Waals surface area contributed by atoms with Gasteiger partial charge in [0, 0.05) is 39.3 Å². The molecule has 26 heavy (non-hydrogen) atoms. The van der Waals surface area contributed by atoms with Gasteiger partial charge in [0.15, 0.2) is 5.82 Å². The number of nitrogens with zero attached hydrogens (tertiary/aromatic N) is 3. The first-order valence-electron chi connectivity index (χ1n) is 9.90. The van der Waals surface area contributed by atoms with Crippen LogP contribution in [-0.4, -0.2) is 54.4 Å². The van der Waals surface area contributed by atoms with Crippen molar-refractivity contribution in [3.63, 3.8) is 0 Å². The Morgan fingerprint density at radius 3 is 2.96 bits per heavy atom. The molecule has 1 atom stereocenters. The van der Waals surface area contributed by atoms with Crippen molar-refractivity contribution in [2.24, 2.45) is 5.92 Å². The van der Waals surface area contributed by atoms with Crippen molar-refractivity contribution in [1.29, 1.82) is 0 Å². The van der Waals surface area contributed by atoms with Gasteiger partial charge in [-0.05, 0) is 44.4 Å². The summed E-state index contributed by atoms with van der Waals surface area (Å²) < 4.78 is 10.9. The fraction of sp³-hybridized carbons (Fsp3) is 0.842. The van der Waals surface area contributed by atoms with Crippen LogP contribution in [0.25, 0.3) is 0 Å². The van der Waals surface area contributed by atoms with Crippen LogP contribution in [0.5, 0.6) is 0 Å². The number of amides is 2. The number of aromatic nitrogens is 2. The molecule has 1 aromatic heterocycles. The monoisotopic (exact) mass is 364 g/mol. The van der Waals surface area contributed by atoms with Gasteiger partial charge in [-0.1, -0.05) is 19.0 Å². The Hall–Kier alpha value is -1.63. The van der Waals surface area contributed by atoms with Gasteiger partial charge in [0.25, 0.3) is 0 Å². The molecule has 0 aromatic carbocycles. The Balaban J connectivity index is 1.70. The minimum Gasteiger partial charge on any atom is -0.385 e. The van der Waals surface area contributed by atoms with Crippen molar-refractivity contribution < 1.29 is 14.1 Å². The van der Waals surface area contributed by atoms with E-state index in [2.05, 4.69) is 24.3 Å². The number of hydrogen-bond donors (Lipinski definition) is 1. The second-order valence-electron chi connectivity index (χ2n) is 8.19. The van der Waals surface area contributed by atoms with Crippen molar-refractivity contribution in [3.05, 3.63) is 11.7 Å². The van der Waals surface area contributed by atoms with Crippen LogP contribution < -0.4 is 5.32 Å². The van der Waals surface area contributed by atoms with Crippen LogP contribution >= 0.6 is 0 Å². The van der Waals surface area contributed by atoms with Crippen LogP contribution in [-0.2, 0) is 10.2 Å². The van der Waals surface area contributed by atoms with Crippen LogP contribution in [0.15, 0.2) is 4.52 Å². The van der Waals surface area contributed by atoms with Gasteiger partial charge in [0.1, 0.15) is 0 Å². The molecule has 7 nitrogen and oxygen atoms in total. The number of likely N-dealkylation sites (tertiary alicyclic amines) is 1. The summed E-state index contributed by atoms with van der Waals surface area (Å²) in [6, 6.07) is 0.0121. The smallest absolute Gasteiger partial charge is 0.317 e. The number of methoxy groups -OCH3 is 1. The topological polar surface area (TPSA) is 80.5 Å². The van der Waals surface area contributed by atoms with Crippen molar-refractivity contribution in [1.82, 2.24) is 20.4 Å². The van der Waals surface area contributed by atoms with E-state index < -0.39 is 0 Å². The molecule has 1 saturated heterocycles. The molecule has 2 aliphatic rings. The SMILES string of the molecule is COCCC1(c2noc(C3CC3)n2)CCCN(C(=O)NCCC(C)C)C1. The number of carbonyl (C=O) groups is 1. The minimum absolute atomic E-state index is 0.0121. The maximum absolute atomic E-state index is 12.6. The summed E-state index contributed by atoms with van der Waals surface area (Å²) in [6.07, 6.45) is 5.95. The van der Waals surface area contributed by atoms with Crippen LogP contribution in [0.1, 0.15) is 70.0 Å². The maximum Gasteiger partial charge on any atom is 0.317 e. The highest BCUT2D eigenvalue weighted by Crippen LogP contribution is 2.41. The van der Waals surface area contributed by atoms with Crippen molar-refractivity contribution >= 4 is 6.03 Å². The Morgan fingerprint density at radius 1 is 1.46 bits per heavy atom. The highest BCUT2D eigenvalue weighted by molar-refractivity contribution is 5.74. The van der Waals surface area contributed by atoms with E-state index in [1.54, 1.807) is 7.11 Å². The van der Waals surface area contributed by atoms with Crippen LogP contribution in [0.2, 0.25) is 0 Å². The number of urea groups is 1. The van der Waals surface area contributed by atoms with Gasteiger partial charge in [-0.15, -0.1) is 0 Å². The molecule has 0 bridgehead atoms. The first kappa shape index (κ1) is 19.1. The summed E-state index contributed by atoms with van der Waals surface area (Å²) >= 11 is 0. The van der Waals surface area contributed by atoms with Gasteiger partial charge in [-0.3, -0.25) is 0 Å². The molecular weight excluding hydrogens is 332 g/mol. The molecule has 1 unspecified atom stereocenters. The minimum atomic E-state index is -0.277. The van der Waals surface area contributed by atoms with E-state index in [-0.39, 0.29) is 11.4 Å². The van der Waals surface area contributed by atoms with Crippen molar-refractivity contribution in [2.45, 2.75) is 63.7 Å². The summed E-state index contributed by atoms with van der Waals surface area (Å²) in [7, 11) is 1.71. The standard InChI is InChI=1S/C19H32N4O3/c1-14(2)7-10-20-18(24)23-11-4-8-19(13-23,9-12-25-3)17-21-16(26-22-17)15-5-6-15/h14-15H,4-13H2,1-3H3,(H,20,24). The molecule has 0 radical (unpaired) electrons. The number of nitrogens with one attached hydrogen (secondary N) is 1. The van der Waals surface area contributed by atoms with E-state index in [0.29, 0.717) is 31.5 Å². The van der Waals surface area contributed by atoms with Crippen LogP contribution in [0.3, 0.4) is 0 Å². The van der Waals surface area contributed by atoms with Gasteiger partial charge in [0.2, 0.25) is 5.89 Å². The summed E-state index contributed by atoms with van der Waals surface area (Å²) in [5, 5.41) is 7.36. The maximum atomic E-state index is 12.6. The molecule has 0 spiro atoms. The molecule has 1 aliphatic carbocycles. The zero-order valence-corrected chi connectivity index (χ0v) is 16.3. The van der Waals surface area contributed by atoms with Gasteiger partial charge in [-0.25, -0.2) is 4.79 Å². The molecule has 1 saturated carbocycles. The van der Waals surface area contributed by atoms with Crippen molar-refractivity contribution in [2.75, 3.05) is 33.4 Å². The third-order valence-corrected chi connectivity index (χ3v) is 5.49. The fourth-order valence-electron chi connectivity index (χ4n) is 3.63. The quantitative estimate of drug-likeness (QED) is 0.767. The number of ether oxygens (including phenoxy) is 1. The molecule has 3 rings (SSSR count). The molecule has 146 valence electrons. The van der Waals surface area contributed by atoms with Crippen LogP contribution in [0.4, 0.5) is 4.79 Å². The average molecular weight is 364 g/mol. The molecular formula is C19H32N4O3. The molecule has 2 heterocycles. The zero-order chi connectivity index (χ0) is 18.6. The summed E-state index contributed by atoms with van der Waals surface area (Å²) in [5.74, 6) is 2.53. The van der Waals surface area contributed by atoms with Gasteiger partial charge < -0.3 is 19.5 Å². The highest BCUT2D eigenvalue weighted by atomic mass is 16.5. The lowest BCUT2D eigenvalue weighted by Crippen LogP contribution is -2.52. The second-order valence-corrected chi connectivity index (χ2v) is 8.19. The first-order valence-corrected chi connectivity index (χ1v) is 9.90. The third-order valence-electron chi connectivity index (χ3n) is 5.49. The zero-order valence-electron chi connectivity index (χ0n) is 16.3. The van der Waals surface area contributed by atoms with Gasteiger partial charge in [-0.2, -0.15) is 4.98 Å². The van der Waals surface area contributed by atoms with E-state index in [0.717, 1.165) is 56.8 Å². The number of rotatable bonds is 8. The normalized spacial score (nSPS) is 23.5. The lowest BCUT2D eigenvalue weighted by Gasteiger charge is -2.40. The van der Waals surface area contributed by atoms with Gasteiger partial charge in [0.05, 0.1) is 5.41 Å². The lowest BCUT2D eigenvalue weighted by atomic mass is 9.76. The Bertz CT molecular complexity index is 599. The predicted octanol–water partition coefficient (Wildman–Crippen LogP) is 3.07. The molecule has 1 N–H and O–H groups in total. The van der Waals surface area contributed by atoms with Gasteiger partial charge >= 0.3 is 6.03 Å². The first-order chi connectivity index (χ1) is 12.5. The highest BCUT2D eigenvalue weighted by Gasteiger charge is 2.43. The lowest BCUT2D eigenvalue weighted by molar-refractivity contribution is 0.106. The Kier molecular flexibility index (Phi) is 6.16. The van der Waals surface area contributed by atoms with Crippen molar-refractivity contribution in [3.8, 4) is 0 Å². The van der Waals surface area contributed by atoms with E-state index in [4.69, 9.17) is 14.2 Å². The summed E-state index contributed by atoms with van der Waals surface area (Å²) in [4.78, 5) is 19.2. The van der Waals surface area contributed by atoms with E-state index in [9.17, 15) is 4.79 Å². The van der Waals surface area contributed by atoms with E-state index in [1.807, 2.05) is 4.90 Å². The third kappa shape index (κ3) is 4.55. The largest absolute Gasteiger partial charge is 0.385 e. The van der Waals surface area contributed by atoms with Crippen LogP contribution in [0, 0.1) is 5.92 Å². The second kappa shape index (κ2) is 8.37. The number of piperidine rings is 1. The number of carbonyl (C=O) groups excluding carboxylic acids is 1. The van der Waals surface area contributed by atoms with E-state index in [1.165, 1.54) is 0 Å². The molecule has 1 aromatic rings. The average Bonchev–Trinajstić information content (AvgIpc) is 3.36.